The number of aryl methyl sites for hydroxylation is 1. The van der Waals surface area contributed by atoms with Crippen molar-refractivity contribution in [1.29, 1.82) is 0 Å². The number of fused-ring (bicyclic) bond motifs is 1. The molecule has 7 heteroatoms. The van der Waals surface area contributed by atoms with Gasteiger partial charge in [-0.3, -0.25) is 14.3 Å². The predicted octanol–water partition coefficient (Wildman–Crippen LogP) is 2.30. The number of nitrogens with zero attached hydrogens (tertiary/aromatic N) is 3. The second-order valence-corrected chi connectivity index (χ2v) is 7.88. The fraction of sp³-hybridized carbons (Fsp3) is 0.476. The van der Waals surface area contributed by atoms with Crippen LogP contribution in [0.5, 0.6) is 5.75 Å². The largest absolute Gasteiger partial charge is 0.485 e. The van der Waals surface area contributed by atoms with Gasteiger partial charge in [-0.1, -0.05) is 12.1 Å². The van der Waals surface area contributed by atoms with Crippen LogP contribution in [0.3, 0.4) is 0 Å². The molecular formula is C21H26N4O3. The Bertz CT molecular complexity index is 912. The van der Waals surface area contributed by atoms with E-state index in [1.54, 1.807) is 16.9 Å². The molecule has 0 saturated heterocycles. The monoisotopic (exact) mass is 382 g/mol. The van der Waals surface area contributed by atoms with Crippen molar-refractivity contribution in [3.05, 3.63) is 47.3 Å². The lowest BCUT2D eigenvalue weighted by Crippen LogP contribution is -2.51. The highest BCUT2D eigenvalue weighted by Crippen LogP contribution is 2.37. The number of para-hydroxylation sites is 1. The molecule has 1 aliphatic heterocycles. The molecule has 0 bridgehead atoms. The average molecular weight is 382 g/mol. The second kappa shape index (κ2) is 6.96. The molecular weight excluding hydrogens is 356 g/mol. The maximum atomic E-state index is 12.9. The van der Waals surface area contributed by atoms with Gasteiger partial charge in [0.1, 0.15) is 11.4 Å². The van der Waals surface area contributed by atoms with Crippen LogP contribution in [0.2, 0.25) is 0 Å². The maximum Gasteiger partial charge on any atom is 0.257 e. The highest BCUT2D eigenvalue weighted by molar-refractivity contribution is 5.97. The van der Waals surface area contributed by atoms with Crippen LogP contribution in [0.4, 0.5) is 0 Å². The summed E-state index contributed by atoms with van der Waals surface area (Å²) in [6.45, 7) is 2.40. The van der Waals surface area contributed by atoms with Crippen molar-refractivity contribution < 1.29 is 14.3 Å². The molecule has 0 atom stereocenters. The molecule has 2 amide bonds. The number of nitrogens with one attached hydrogen (secondary N) is 1. The molecule has 1 spiro atoms. The average Bonchev–Trinajstić information content (AvgIpc) is 2.97. The van der Waals surface area contributed by atoms with Gasteiger partial charge in [0.2, 0.25) is 0 Å². The van der Waals surface area contributed by atoms with E-state index in [1.165, 1.54) is 0 Å². The third-order valence-corrected chi connectivity index (χ3v) is 6.23. The van der Waals surface area contributed by atoms with E-state index in [4.69, 9.17) is 4.74 Å². The molecule has 1 aliphatic carbocycles. The minimum atomic E-state index is -0.410. The summed E-state index contributed by atoms with van der Waals surface area (Å²) in [5, 5.41) is 7.19. The Balaban J connectivity index is 1.46. The molecule has 0 radical (unpaired) electrons. The number of benzene rings is 1. The molecule has 2 aromatic rings. The summed E-state index contributed by atoms with van der Waals surface area (Å²) < 4.78 is 8.07. The summed E-state index contributed by atoms with van der Waals surface area (Å²) in [5.74, 6) is 0.562. The Labute approximate surface area is 164 Å². The molecule has 2 aliphatic rings. The SMILES string of the molecule is Cc1c(C(=O)N(C)C2CCC3(CC2)CNC(=O)c2ccccc2O3)cnn1C. The number of rotatable bonds is 2. The van der Waals surface area contributed by atoms with Gasteiger partial charge in [0.05, 0.1) is 23.9 Å². The van der Waals surface area contributed by atoms with Crippen LogP contribution in [0, 0.1) is 6.92 Å². The van der Waals surface area contributed by atoms with Gasteiger partial charge in [0.15, 0.2) is 0 Å². The highest BCUT2D eigenvalue weighted by Gasteiger charge is 2.42. The first kappa shape index (κ1) is 18.5. The molecule has 0 unspecified atom stereocenters. The highest BCUT2D eigenvalue weighted by atomic mass is 16.5. The van der Waals surface area contributed by atoms with Crippen molar-refractivity contribution in [3.8, 4) is 5.75 Å². The zero-order valence-corrected chi connectivity index (χ0v) is 16.6. The van der Waals surface area contributed by atoms with Gasteiger partial charge in [-0.25, -0.2) is 0 Å². The van der Waals surface area contributed by atoms with Crippen LogP contribution >= 0.6 is 0 Å². The first-order chi connectivity index (χ1) is 13.4. The quantitative estimate of drug-likeness (QED) is 0.865. The van der Waals surface area contributed by atoms with Crippen molar-refractivity contribution >= 4 is 11.8 Å². The Morgan fingerprint density at radius 3 is 2.71 bits per heavy atom. The van der Waals surface area contributed by atoms with Crippen molar-refractivity contribution in [2.24, 2.45) is 7.05 Å². The predicted molar refractivity (Wildman–Crippen MR) is 104 cm³/mol. The topological polar surface area (TPSA) is 76.5 Å². The van der Waals surface area contributed by atoms with E-state index >= 15 is 0 Å². The van der Waals surface area contributed by atoms with Crippen LogP contribution in [-0.2, 0) is 7.05 Å². The number of carbonyl (C=O) groups excluding carboxylic acids is 2. The Morgan fingerprint density at radius 1 is 1.32 bits per heavy atom. The summed E-state index contributed by atoms with van der Waals surface area (Å²) in [4.78, 5) is 27.1. The molecule has 2 heterocycles. The van der Waals surface area contributed by atoms with Crippen molar-refractivity contribution in [1.82, 2.24) is 20.0 Å². The number of hydrogen-bond donors (Lipinski definition) is 1. The maximum absolute atomic E-state index is 12.9. The van der Waals surface area contributed by atoms with Crippen molar-refractivity contribution in [3.63, 3.8) is 0 Å². The standard InChI is InChI=1S/C21H26N4O3/c1-14-17(12-23-25(14)3)20(27)24(2)15-8-10-21(11-9-15)13-22-19(26)16-6-4-5-7-18(16)28-21/h4-7,12,15H,8-11,13H2,1-3H3,(H,22,26). The van der Waals surface area contributed by atoms with E-state index in [9.17, 15) is 9.59 Å². The minimum absolute atomic E-state index is 0.00647. The smallest absolute Gasteiger partial charge is 0.257 e. The van der Waals surface area contributed by atoms with Crippen molar-refractivity contribution in [2.75, 3.05) is 13.6 Å². The van der Waals surface area contributed by atoms with Gasteiger partial charge < -0.3 is 15.0 Å². The normalized spacial score (nSPS) is 24.1. The van der Waals surface area contributed by atoms with Crippen LogP contribution in [-0.4, -0.2) is 51.7 Å². The van der Waals surface area contributed by atoms with E-state index in [2.05, 4.69) is 10.4 Å². The van der Waals surface area contributed by atoms with Crippen molar-refractivity contribution in [2.45, 2.75) is 44.2 Å². The fourth-order valence-corrected chi connectivity index (χ4v) is 4.21. The van der Waals surface area contributed by atoms with E-state index in [-0.39, 0.29) is 17.9 Å². The number of amides is 2. The number of carbonyl (C=O) groups is 2. The third-order valence-electron chi connectivity index (χ3n) is 6.23. The van der Waals surface area contributed by atoms with Gasteiger partial charge in [0, 0.05) is 25.8 Å². The van der Waals surface area contributed by atoms with Crippen LogP contribution in [0.1, 0.15) is 52.1 Å². The zero-order valence-electron chi connectivity index (χ0n) is 16.6. The third kappa shape index (κ3) is 3.15. The fourth-order valence-electron chi connectivity index (χ4n) is 4.21. The van der Waals surface area contributed by atoms with E-state index in [0.29, 0.717) is 23.4 Å². The van der Waals surface area contributed by atoms with E-state index < -0.39 is 5.60 Å². The summed E-state index contributed by atoms with van der Waals surface area (Å²) in [7, 11) is 3.70. The molecule has 28 heavy (non-hydrogen) atoms. The molecule has 7 nitrogen and oxygen atoms in total. The van der Waals surface area contributed by atoms with Crippen LogP contribution in [0.15, 0.2) is 30.5 Å². The van der Waals surface area contributed by atoms with Gasteiger partial charge in [0.25, 0.3) is 11.8 Å². The van der Waals surface area contributed by atoms with Gasteiger partial charge in [-0.2, -0.15) is 5.10 Å². The van der Waals surface area contributed by atoms with Crippen LogP contribution < -0.4 is 10.1 Å². The van der Waals surface area contributed by atoms with E-state index in [0.717, 1.165) is 31.4 Å². The minimum Gasteiger partial charge on any atom is -0.485 e. The Morgan fingerprint density at radius 2 is 2.04 bits per heavy atom. The molecule has 1 N–H and O–H groups in total. The van der Waals surface area contributed by atoms with Gasteiger partial charge in [-0.15, -0.1) is 0 Å². The summed E-state index contributed by atoms with van der Waals surface area (Å²) in [6, 6.07) is 7.53. The molecule has 1 aromatic carbocycles. The molecule has 1 saturated carbocycles. The number of ether oxygens (including phenoxy) is 1. The number of aromatic nitrogens is 2. The summed E-state index contributed by atoms with van der Waals surface area (Å²) >= 11 is 0. The zero-order chi connectivity index (χ0) is 19.9. The Kier molecular flexibility index (Phi) is 4.61. The lowest BCUT2D eigenvalue weighted by Gasteiger charge is -2.42. The van der Waals surface area contributed by atoms with Gasteiger partial charge in [-0.05, 0) is 44.7 Å². The molecule has 1 fully saturated rings. The molecule has 1 aromatic heterocycles. The second-order valence-electron chi connectivity index (χ2n) is 7.88. The van der Waals surface area contributed by atoms with Crippen LogP contribution in [0.25, 0.3) is 0 Å². The first-order valence-corrected chi connectivity index (χ1v) is 9.72. The molecule has 148 valence electrons. The van der Waals surface area contributed by atoms with Gasteiger partial charge >= 0.3 is 0 Å². The Hall–Kier alpha value is -2.83. The number of hydrogen-bond acceptors (Lipinski definition) is 4. The summed E-state index contributed by atoms with van der Waals surface area (Å²) in [6.07, 6.45) is 4.88. The lowest BCUT2D eigenvalue weighted by atomic mass is 9.81. The molecule has 4 rings (SSSR count). The first-order valence-electron chi connectivity index (χ1n) is 9.72. The summed E-state index contributed by atoms with van der Waals surface area (Å²) in [5.41, 5.74) is 1.70. The lowest BCUT2D eigenvalue weighted by molar-refractivity contribution is 0.0103. The van der Waals surface area contributed by atoms with E-state index in [1.807, 2.05) is 44.1 Å².